The maximum atomic E-state index is 13.1. The Labute approximate surface area is 180 Å². The monoisotopic (exact) mass is 418 g/mol. The van der Waals surface area contributed by atoms with E-state index in [1.807, 2.05) is 62.4 Å². The van der Waals surface area contributed by atoms with Crippen LogP contribution >= 0.6 is 11.6 Å². The molecule has 2 heterocycles. The maximum absolute atomic E-state index is 13.1. The molecule has 5 nitrogen and oxygen atoms in total. The third-order valence-electron chi connectivity index (χ3n) is 5.20. The number of benzene rings is 2. The molecule has 0 spiro atoms. The molecule has 152 valence electrons. The van der Waals surface area contributed by atoms with E-state index >= 15 is 0 Å². The van der Waals surface area contributed by atoms with Gasteiger partial charge in [-0.2, -0.15) is 5.10 Å². The van der Waals surface area contributed by atoms with Crippen LogP contribution in [0.2, 0.25) is 5.02 Å². The highest BCUT2D eigenvalue weighted by atomic mass is 35.5. The van der Waals surface area contributed by atoms with E-state index < -0.39 is 0 Å². The lowest BCUT2D eigenvalue weighted by Gasteiger charge is -2.14. The maximum Gasteiger partial charge on any atom is 0.252 e. The number of para-hydroxylation sites is 1. The quantitative estimate of drug-likeness (QED) is 0.483. The first-order valence-corrected chi connectivity index (χ1v) is 10.3. The van der Waals surface area contributed by atoms with Crippen molar-refractivity contribution in [3.63, 3.8) is 0 Å². The Morgan fingerprint density at radius 3 is 2.53 bits per heavy atom. The predicted octanol–water partition coefficient (Wildman–Crippen LogP) is 5.22. The third kappa shape index (κ3) is 3.81. The number of hydrogen-bond donors (Lipinski definition) is 1. The average molecular weight is 419 g/mol. The lowest BCUT2D eigenvalue weighted by molar-refractivity contribution is 0.0953. The van der Waals surface area contributed by atoms with Gasteiger partial charge in [-0.15, -0.1) is 0 Å². The van der Waals surface area contributed by atoms with Crippen molar-refractivity contribution in [2.24, 2.45) is 0 Å². The summed E-state index contributed by atoms with van der Waals surface area (Å²) >= 11 is 6.39. The van der Waals surface area contributed by atoms with Gasteiger partial charge >= 0.3 is 0 Å². The summed E-state index contributed by atoms with van der Waals surface area (Å²) in [4.78, 5) is 17.8. The Balaban J connectivity index is 1.69. The molecular formula is C24H23ClN4O. The van der Waals surface area contributed by atoms with Gasteiger partial charge in [0.2, 0.25) is 0 Å². The topological polar surface area (TPSA) is 59.8 Å². The molecular weight excluding hydrogens is 396 g/mol. The van der Waals surface area contributed by atoms with Crippen molar-refractivity contribution in [1.82, 2.24) is 20.1 Å². The predicted molar refractivity (Wildman–Crippen MR) is 121 cm³/mol. The molecule has 2 aromatic heterocycles. The smallest absolute Gasteiger partial charge is 0.252 e. The average Bonchev–Trinajstić information content (AvgIpc) is 3.08. The second-order valence-electron chi connectivity index (χ2n) is 7.48. The summed E-state index contributed by atoms with van der Waals surface area (Å²) in [6.45, 7) is 6.41. The number of carbonyl (C=O) groups is 1. The molecule has 0 unspecified atom stereocenters. The minimum atomic E-state index is -0.130. The van der Waals surface area contributed by atoms with E-state index in [0.29, 0.717) is 22.8 Å². The van der Waals surface area contributed by atoms with Crippen LogP contribution in [0.25, 0.3) is 16.7 Å². The molecule has 0 radical (unpaired) electrons. The van der Waals surface area contributed by atoms with E-state index in [1.54, 1.807) is 4.68 Å². The summed E-state index contributed by atoms with van der Waals surface area (Å²) in [5.41, 5.74) is 4.61. The van der Waals surface area contributed by atoms with Crippen molar-refractivity contribution in [2.45, 2.75) is 26.7 Å². The minimum absolute atomic E-state index is 0.130. The summed E-state index contributed by atoms with van der Waals surface area (Å²) in [6.07, 6.45) is 0. The third-order valence-corrected chi connectivity index (χ3v) is 5.52. The number of aromatic nitrogens is 3. The van der Waals surface area contributed by atoms with E-state index in [-0.39, 0.29) is 11.8 Å². The number of aryl methyl sites for hydroxylation is 2. The molecule has 0 bridgehead atoms. The van der Waals surface area contributed by atoms with E-state index in [0.717, 1.165) is 22.5 Å². The second kappa shape index (κ2) is 8.28. The Hall–Kier alpha value is -3.18. The summed E-state index contributed by atoms with van der Waals surface area (Å²) in [5, 5.41) is 9.03. The summed E-state index contributed by atoms with van der Waals surface area (Å²) in [5.74, 6) is 0.0793. The van der Waals surface area contributed by atoms with Gasteiger partial charge in [-0.3, -0.25) is 4.79 Å². The fourth-order valence-electron chi connectivity index (χ4n) is 3.63. The van der Waals surface area contributed by atoms with Crippen molar-refractivity contribution in [3.8, 4) is 5.69 Å². The Morgan fingerprint density at radius 2 is 1.80 bits per heavy atom. The first-order chi connectivity index (χ1) is 14.5. The second-order valence-corrected chi connectivity index (χ2v) is 7.89. The molecule has 0 aliphatic carbocycles. The molecule has 2 aromatic carbocycles. The first-order valence-electron chi connectivity index (χ1n) is 9.90. The molecule has 1 amide bonds. The van der Waals surface area contributed by atoms with Crippen LogP contribution in [-0.4, -0.2) is 27.2 Å². The van der Waals surface area contributed by atoms with Crippen LogP contribution in [0.15, 0.2) is 60.7 Å². The number of pyridine rings is 1. The number of fused-ring (bicyclic) bond motifs is 1. The van der Waals surface area contributed by atoms with Crippen LogP contribution in [0, 0.1) is 13.8 Å². The Morgan fingerprint density at radius 1 is 1.10 bits per heavy atom. The van der Waals surface area contributed by atoms with E-state index in [9.17, 15) is 4.79 Å². The van der Waals surface area contributed by atoms with Crippen LogP contribution in [0.3, 0.4) is 0 Å². The van der Waals surface area contributed by atoms with Crippen LogP contribution in [0.1, 0.15) is 40.2 Å². The van der Waals surface area contributed by atoms with Gasteiger partial charge < -0.3 is 5.32 Å². The van der Waals surface area contributed by atoms with Gasteiger partial charge in [0.25, 0.3) is 5.91 Å². The fraction of sp³-hybridized carbons (Fsp3) is 0.208. The molecule has 0 saturated heterocycles. The van der Waals surface area contributed by atoms with Crippen LogP contribution in [-0.2, 0) is 0 Å². The van der Waals surface area contributed by atoms with Gasteiger partial charge in [-0.25, -0.2) is 9.67 Å². The van der Waals surface area contributed by atoms with Gasteiger partial charge in [0.05, 0.1) is 27.4 Å². The molecule has 0 aliphatic rings. The number of amides is 1. The van der Waals surface area contributed by atoms with Crippen LogP contribution in [0.4, 0.5) is 0 Å². The number of rotatable bonds is 5. The van der Waals surface area contributed by atoms with E-state index in [1.165, 1.54) is 5.56 Å². The standard InChI is InChI=1S/C24H23ClN4O/c1-15(18-9-5-4-6-10-18)14-26-24(30)19-13-16(2)27-23-22(19)17(3)28-29(23)21-12-8-7-11-20(21)25/h4-13,15H,14H2,1-3H3,(H,26,30)/t15-/m1/s1. The van der Waals surface area contributed by atoms with Crippen molar-refractivity contribution in [2.75, 3.05) is 6.54 Å². The highest BCUT2D eigenvalue weighted by Gasteiger charge is 2.20. The van der Waals surface area contributed by atoms with Crippen molar-refractivity contribution < 1.29 is 4.79 Å². The van der Waals surface area contributed by atoms with Crippen molar-refractivity contribution in [3.05, 3.63) is 88.2 Å². The number of halogens is 1. The molecule has 4 aromatic rings. The SMILES string of the molecule is Cc1cc(C(=O)NC[C@@H](C)c2ccccc2)c2c(C)nn(-c3ccccc3Cl)c2n1. The zero-order chi connectivity index (χ0) is 21.3. The zero-order valence-corrected chi connectivity index (χ0v) is 17.9. The molecule has 4 rings (SSSR count). The Kier molecular flexibility index (Phi) is 5.55. The van der Waals surface area contributed by atoms with Crippen molar-refractivity contribution in [1.29, 1.82) is 0 Å². The minimum Gasteiger partial charge on any atom is -0.351 e. The lowest BCUT2D eigenvalue weighted by atomic mass is 10.0. The molecule has 0 aliphatic heterocycles. The van der Waals surface area contributed by atoms with Crippen LogP contribution in [0.5, 0.6) is 0 Å². The lowest BCUT2D eigenvalue weighted by Crippen LogP contribution is -2.28. The van der Waals surface area contributed by atoms with Gasteiger partial charge in [0.15, 0.2) is 5.65 Å². The zero-order valence-electron chi connectivity index (χ0n) is 17.2. The molecule has 0 saturated carbocycles. The number of carbonyl (C=O) groups excluding carboxylic acids is 1. The summed E-state index contributed by atoms with van der Waals surface area (Å²) in [7, 11) is 0. The normalized spacial score (nSPS) is 12.1. The van der Waals surface area contributed by atoms with E-state index in [2.05, 4.69) is 34.5 Å². The number of nitrogens with one attached hydrogen (secondary N) is 1. The van der Waals surface area contributed by atoms with Crippen molar-refractivity contribution >= 4 is 28.5 Å². The first kappa shape index (κ1) is 20.1. The molecule has 6 heteroatoms. The summed E-state index contributed by atoms with van der Waals surface area (Å²) in [6, 6.07) is 19.4. The Bertz CT molecular complexity index is 1220. The molecule has 30 heavy (non-hydrogen) atoms. The fourth-order valence-corrected chi connectivity index (χ4v) is 3.84. The molecule has 1 N–H and O–H groups in total. The van der Waals surface area contributed by atoms with Gasteiger partial charge in [0, 0.05) is 12.2 Å². The largest absolute Gasteiger partial charge is 0.351 e. The highest BCUT2D eigenvalue weighted by molar-refractivity contribution is 6.32. The van der Waals surface area contributed by atoms with E-state index in [4.69, 9.17) is 11.6 Å². The molecule has 0 fully saturated rings. The molecule has 1 atom stereocenters. The van der Waals surface area contributed by atoms with Gasteiger partial charge in [-0.1, -0.05) is 61.0 Å². The number of hydrogen-bond acceptors (Lipinski definition) is 3. The van der Waals surface area contributed by atoms with Gasteiger partial charge in [-0.05, 0) is 43.5 Å². The highest BCUT2D eigenvalue weighted by Crippen LogP contribution is 2.28. The summed E-state index contributed by atoms with van der Waals surface area (Å²) < 4.78 is 1.71. The van der Waals surface area contributed by atoms with Crippen LogP contribution < -0.4 is 5.32 Å². The van der Waals surface area contributed by atoms with Gasteiger partial charge in [0.1, 0.15) is 0 Å². The number of nitrogens with zero attached hydrogens (tertiary/aromatic N) is 3.